The summed E-state index contributed by atoms with van der Waals surface area (Å²) in [5.74, 6) is 1.69. The summed E-state index contributed by atoms with van der Waals surface area (Å²) in [6.45, 7) is 3.02. The van der Waals surface area contributed by atoms with E-state index in [0.717, 1.165) is 28.5 Å². The lowest BCUT2D eigenvalue weighted by Crippen LogP contribution is -2.34. The van der Waals surface area contributed by atoms with Crippen LogP contribution in [0.2, 0.25) is 0 Å². The first-order valence-electron chi connectivity index (χ1n) is 7.23. The highest BCUT2D eigenvalue weighted by atomic mass is 35.5. The molecule has 20 heavy (non-hydrogen) atoms. The van der Waals surface area contributed by atoms with E-state index in [0.29, 0.717) is 0 Å². The van der Waals surface area contributed by atoms with E-state index < -0.39 is 0 Å². The zero-order valence-electron chi connectivity index (χ0n) is 11.8. The van der Waals surface area contributed by atoms with E-state index in [1.165, 1.54) is 37.0 Å². The molecule has 2 heterocycles. The monoisotopic (exact) mass is 309 g/mol. The molecule has 0 amide bonds. The SMILES string of the molecule is Cc1cc2c(NCC3(CCl)CCCCC3)ncnc2s1. The molecule has 0 radical (unpaired) electrons. The second-order valence-electron chi connectivity index (χ2n) is 5.85. The van der Waals surface area contributed by atoms with Gasteiger partial charge in [0.05, 0.1) is 5.39 Å². The first kappa shape index (κ1) is 14.1. The number of nitrogens with one attached hydrogen (secondary N) is 1. The van der Waals surface area contributed by atoms with Crippen molar-refractivity contribution >= 4 is 39.0 Å². The Balaban J connectivity index is 1.79. The molecular formula is C15H20ClN3S. The zero-order valence-corrected chi connectivity index (χ0v) is 13.4. The fraction of sp³-hybridized carbons (Fsp3) is 0.600. The fourth-order valence-corrected chi connectivity index (χ4v) is 4.26. The summed E-state index contributed by atoms with van der Waals surface area (Å²) in [4.78, 5) is 11.1. The number of anilines is 1. The number of nitrogens with zero attached hydrogens (tertiary/aromatic N) is 2. The van der Waals surface area contributed by atoms with Crippen LogP contribution in [0, 0.1) is 12.3 Å². The molecule has 0 atom stereocenters. The third-order valence-corrected chi connectivity index (χ3v) is 5.81. The second kappa shape index (κ2) is 5.86. The summed E-state index contributed by atoms with van der Waals surface area (Å²) in [6.07, 6.45) is 8.03. The molecule has 0 unspecified atom stereocenters. The van der Waals surface area contributed by atoms with Crippen LogP contribution in [-0.4, -0.2) is 22.4 Å². The van der Waals surface area contributed by atoms with Crippen LogP contribution in [0.15, 0.2) is 12.4 Å². The second-order valence-corrected chi connectivity index (χ2v) is 7.35. The van der Waals surface area contributed by atoms with Gasteiger partial charge in [-0.1, -0.05) is 19.3 Å². The lowest BCUT2D eigenvalue weighted by molar-refractivity contribution is 0.238. The van der Waals surface area contributed by atoms with Crippen molar-refractivity contribution < 1.29 is 0 Å². The molecule has 108 valence electrons. The van der Waals surface area contributed by atoms with E-state index in [1.807, 2.05) is 0 Å². The summed E-state index contributed by atoms with van der Waals surface area (Å²) >= 11 is 7.97. The van der Waals surface area contributed by atoms with Gasteiger partial charge >= 0.3 is 0 Å². The van der Waals surface area contributed by atoms with Crippen LogP contribution in [0.1, 0.15) is 37.0 Å². The van der Waals surface area contributed by atoms with Gasteiger partial charge in [-0.15, -0.1) is 22.9 Å². The standard InChI is InChI=1S/C15H20ClN3S/c1-11-7-12-13(18-10-19-14(12)20-11)17-9-15(8-16)5-3-2-4-6-15/h7,10H,2-6,8-9H2,1H3,(H,17,18,19). The van der Waals surface area contributed by atoms with Crippen molar-refractivity contribution in [3.63, 3.8) is 0 Å². The topological polar surface area (TPSA) is 37.8 Å². The van der Waals surface area contributed by atoms with Crippen molar-refractivity contribution in [1.82, 2.24) is 9.97 Å². The van der Waals surface area contributed by atoms with E-state index in [4.69, 9.17) is 11.6 Å². The number of hydrogen-bond acceptors (Lipinski definition) is 4. The Morgan fingerprint density at radius 3 is 2.85 bits per heavy atom. The number of thiophene rings is 1. The van der Waals surface area contributed by atoms with E-state index >= 15 is 0 Å². The van der Waals surface area contributed by atoms with E-state index in [2.05, 4.69) is 28.3 Å². The highest BCUT2D eigenvalue weighted by Gasteiger charge is 2.31. The van der Waals surface area contributed by atoms with Crippen LogP contribution in [0.4, 0.5) is 5.82 Å². The molecule has 1 fully saturated rings. The molecule has 0 spiro atoms. The lowest BCUT2D eigenvalue weighted by atomic mass is 9.75. The maximum Gasteiger partial charge on any atom is 0.138 e. The summed E-state index contributed by atoms with van der Waals surface area (Å²) in [7, 11) is 0. The summed E-state index contributed by atoms with van der Waals surface area (Å²) in [5, 5.41) is 4.67. The van der Waals surface area contributed by atoms with Gasteiger partial charge < -0.3 is 5.32 Å². The first-order chi connectivity index (χ1) is 9.72. The van der Waals surface area contributed by atoms with Gasteiger partial charge in [0.25, 0.3) is 0 Å². The quantitative estimate of drug-likeness (QED) is 0.839. The van der Waals surface area contributed by atoms with Crippen LogP contribution >= 0.6 is 22.9 Å². The van der Waals surface area contributed by atoms with Crippen molar-refractivity contribution in [3.05, 3.63) is 17.3 Å². The molecule has 0 bridgehead atoms. The molecule has 3 rings (SSSR count). The fourth-order valence-electron chi connectivity index (χ4n) is 3.05. The number of fused-ring (bicyclic) bond motifs is 1. The Hall–Kier alpha value is -0.870. The molecule has 1 N–H and O–H groups in total. The Bertz CT molecular complexity index is 590. The highest BCUT2D eigenvalue weighted by Crippen LogP contribution is 2.38. The van der Waals surface area contributed by atoms with Gasteiger partial charge in [0.1, 0.15) is 17.0 Å². The molecular weight excluding hydrogens is 290 g/mol. The average molecular weight is 310 g/mol. The van der Waals surface area contributed by atoms with Crippen molar-refractivity contribution in [2.75, 3.05) is 17.7 Å². The normalized spacial score (nSPS) is 18.3. The Labute approximate surface area is 128 Å². The molecule has 5 heteroatoms. The van der Waals surface area contributed by atoms with E-state index in [9.17, 15) is 0 Å². The molecule has 1 aliphatic carbocycles. The van der Waals surface area contributed by atoms with Gasteiger partial charge in [-0.25, -0.2) is 9.97 Å². The molecule has 0 aromatic carbocycles. The molecule has 1 aliphatic rings. The number of aromatic nitrogens is 2. The third-order valence-electron chi connectivity index (χ3n) is 4.28. The Kier molecular flexibility index (Phi) is 4.13. The van der Waals surface area contributed by atoms with Crippen LogP contribution in [0.3, 0.4) is 0 Å². The lowest BCUT2D eigenvalue weighted by Gasteiger charge is -2.35. The minimum absolute atomic E-state index is 0.238. The minimum Gasteiger partial charge on any atom is -0.369 e. The van der Waals surface area contributed by atoms with Gasteiger partial charge in [0.2, 0.25) is 0 Å². The third kappa shape index (κ3) is 2.77. The number of aryl methyl sites for hydroxylation is 1. The predicted molar refractivity (Wildman–Crippen MR) is 86.9 cm³/mol. The Morgan fingerprint density at radius 2 is 2.10 bits per heavy atom. The zero-order chi connectivity index (χ0) is 14.0. The number of rotatable bonds is 4. The molecule has 0 saturated heterocycles. The molecule has 3 nitrogen and oxygen atoms in total. The van der Waals surface area contributed by atoms with Crippen molar-refractivity contribution in [2.45, 2.75) is 39.0 Å². The predicted octanol–water partition coefficient (Wildman–Crippen LogP) is 4.60. The van der Waals surface area contributed by atoms with Crippen molar-refractivity contribution in [1.29, 1.82) is 0 Å². The number of hydrogen-bond donors (Lipinski definition) is 1. The average Bonchev–Trinajstić information content (AvgIpc) is 2.87. The van der Waals surface area contributed by atoms with Crippen molar-refractivity contribution in [2.24, 2.45) is 5.41 Å². The summed E-state index contributed by atoms with van der Waals surface area (Å²) < 4.78 is 0. The van der Waals surface area contributed by atoms with Gasteiger partial charge in [-0.2, -0.15) is 0 Å². The number of halogens is 1. The Morgan fingerprint density at radius 1 is 1.30 bits per heavy atom. The largest absolute Gasteiger partial charge is 0.369 e. The summed E-state index contributed by atoms with van der Waals surface area (Å²) in [6, 6.07) is 2.16. The van der Waals surface area contributed by atoms with Crippen LogP contribution < -0.4 is 5.32 Å². The van der Waals surface area contributed by atoms with Crippen LogP contribution in [0.25, 0.3) is 10.2 Å². The van der Waals surface area contributed by atoms with Gasteiger partial charge in [-0.3, -0.25) is 0 Å². The molecule has 2 aromatic heterocycles. The maximum atomic E-state index is 6.25. The van der Waals surface area contributed by atoms with Gasteiger partial charge in [-0.05, 0) is 25.8 Å². The van der Waals surface area contributed by atoms with Crippen LogP contribution in [0.5, 0.6) is 0 Å². The highest BCUT2D eigenvalue weighted by molar-refractivity contribution is 7.18. The first-order valence-corrected chi connectivity index (χ1v) is 8.59. The van der Waals surface area contributed by atoms with Crippen LogP contribution in [-0.2, 0) is 0 Å². The van der Waals surface area contributed by atoms with Gasteiger partial charge in [0.15, 0.2) is 0 Å². The minimum atomic E-state index is 0.238. The molecule has 1 saturated carbocycles. The molecule has 2 aromatic rings. The molecule has 0 aliphatic heterocycles. The van der Waals surface area contributed by atoms with E-state index in [-0.39, 0.29) is 5.41 Å². The smallest absolute Gasteiger partial charge is 0.138 e. The van der Waals surface area contributed by atoms with Crippen molar-refractivity contribution in [3.8, 4) is 0 Å². The maximum absolute atomic E-state index is 6.25. The van der Waals surface area contributed by atoms with E-state index in [1.54, 1.807) is 17.7 Å². The number of alkyl halides is 1. The summed E-state index contributed by atoms with van der Waals surface area (Å²) in [5.41, 5.74) is 0.238. The van der Waals surface area contributed by atoms with Gasteiger partial charge in [0, 0.05) is 22.7 Å².